The zero-order chi connectivity index (χ0) is 38.1. The van der Waals surface area contributed by atoms with Crippen LogP contribution in [-0.2, 0) is 31.0 Å². The zero-order valence-corrected chi connectivity index (χ0v) is 31.8. The van der Waals surface area contributed by atoms with E-state index in [4.69, 9.17) is 16.3 Å². The number of allylic oxidation sites excluding steroid dienone is 2. The Labute approximate surface area is 328 Å². The minimum Gasteiger partial charge on any atom is -0.508 e. The molecule has 4 aromatic rings. The van der Waals surface area contributed by atoms with Gasteiger partial charge in [0.05, 0.1) is 39.5 Å². The van der Waals surface area contributed by atoms with Crippen LogP contribution in [-0.4, -0.2) is 57.4 Å². The van der Waals surface area contributed by atoms with E-state index in [-0.39, 0.29) is 48.4 Å². The topological polar surface area (TPSA) is 136 Å². The van der Waals surface area contributed by atoms with Crippen molar-refractivity contribution in [3.05, 3.63) is 128 Å². The van der Waals surface area contributed by atoms with E-state index in [0.717, 1.165) is 16.1 Å². The number of nitrogens with one attached hydrogen (secondary N) is 1. The van der Waals surface area contributed by atoms with Crippen molar-refractivity contribution < 1.29 is 38.5 Å². The summed E-state index contributed by atoms with van der Waals surface area (Å²) in [4.78, 5) is 59.9. The molecule has 1 saturated carbocycles. The molecule has 3 fully saturated rings. The summed E-state index contributed by atoms with van der Waals surface area (Å²) in [6.07, 6.45) is 2.70. The van der Waals surface area contributed by atoms with E-state index in [1.807, 2.05) is 28.7 Å². The molecule has 10 nitrogen and oxygen atoms in total. The number of hydrazine groups is 1. The van der Waals surface area contributed by atoms with Crippen LogP contribution < -0.4 is 10.2 Å². The predicted octanol–water partition coefficient (Wildman–Crippen LogP) is 6.73. The first-order valence-electron chi connectivity index (χ1n) is 17.5. The summed E-state index contributed by atoms with van der Waals surface area (Å²) in [6.45, 7) is 0.152. The average molecular weight is 862 g/mol. The van der Waals surface area contributed by atoms with E-state index >= 15 is 4.79 Å². The van der Waals surface area contributed by atoms with Gasteiger partial charge in [0, 0.05) is 17.5 Å². The number of phenols is 2. The number of halogens is 3. The lowest BCUT2D eigenvalue weighted by molar-refractivity contribution is -0.141. The van der Waals surface area contributed by atoms with E-state index in [1.54, 1.807) is 60.7 Å². The molecule has 2 aliphatic carbocycles. The first-order chi connectivity index (χ1) is 25.9. The first kappa shape index (κ1) is 36.0. The third-order valence-corrected chi connectivity index (χ3v) is 12.6. The number of nitrogens with zero attached hydrogens (tertiary/aromatic N) is 2. The van der Waals surface area contributed by atoms with Gasteiger partial charge in [0.25, 0.3) is 11.8 Å². The van der Waals surface area contributed by atoms with Gasteiger partial charge in [-0.2, -0.15) is 5.01 Å². The zero-order valence-electron chi connectivity index (χ0n) is 28.8. The molecule has 4 aliphatic rings. The summed E-state index contributed by atoms with van der Waals surface area (Å²) < 4.78 is 19.9. The SMILES string of the molecule is COc1cc([C@H]2C3=CC[C@@H]4C(=O)N(CCc5ccc(O)cc5)C(=O)[C@@H]4[C@@H]3C[C@H]3C(=O)N(Nc4ccc(F)cc4)C(=O)[C@@]23c2ccc(Cl)cc2)cc(I)c1O. The van der Waals surface area contributed by atoms with Crippen LogP contribution >= 0.6 is 34.2 Å². The number of hydrogen-bond acceptors (Lipinski definition) is 8. The monoisotopic (exact) mass is 861 g/mol. The molecule has 4 aromatic carbocycles. The maximum Gasteiger partial charge on any atom is 0.260 e. The molecule has 2 saturated heterocycles. The molecule has 54 heavy (non-hydrogen) atoms. The Morgan fingerprint density at radius 3 is 2.31 bits per heavy atom. The van der Waals surface area contributed by atoms with Crippen LogP contribution in [0.4, 0.5) is 10.1 Å². The third kappa shape index (κ3) is 5.64. The minimum atomic E-state index is -1.57. The van der Waals surface area contributed by atoms with Gasteiger partial charge in [-0.3, -0.25) is 29.5 Å². The second-order valence-electron chi connectivity index (χ2n) is 14.2. The summed E-state index contributed by atoms with van der Waals surface area (Å²) in [5.74, 6) is -5.86. The quantitative estimate of drug-likeness (QED) is 0.101. The van der Waals surface area contributed by atoms with Crippen molar-refractivity contribution in [2.75, 3.05) is 19.1 Å². The van der Waals surface area contributed by atoms with E-state index in [0.29, 0.717) is 31.8 Å². The number of rotatable bonds is 8. The van der Waals surface area contributed by atoms with E-state index in [2.05, 4.69) is 5.43 Å². The van der Waals surface area contributed by atoms with Gasteiger partial charge in [0.1, 0.15) is 11.6 Å². The number of amides is 4. The standard InChI is InChI=1S/C41H34ClFIN3O7/c1-54-33-19-22(18-32(44)36(33)49)35-28-14-15-29-34(39(52)46(37(29)50)17-16-21-2-12-27(48)13-3-21)30(28)20-31-38(51)47(45-26-10-8-25(43)9-11-26)40(53)41(31,35)23-4-6-24(42)7-5-23/h2-14,18-19,29-31,34-35,45,48-49H,15-17,20H2,1H3/t29-,30+,31-,34-,35-,41+/m0/s1. The van der Waals surface area contributed by atoms with Gasteiger partial charge in [0.2, 0.25) is 11.8 Å². The van der Waals surface area contributed by atoms with Gasteiger partial charge in [0.15, 0.2) is 11.5 Å². The number of carbonyl (C=O) groups is 4. The Hall–Kier alpha value is -4.95. The maximum absolute atomic E-state index is 15.3. The Morgan fingerprint density at radius 1 is 0.926 bits per heavy atom. The van der Waals surface area contributed by atoms with E-state index in [9.17, 15) is 29.0 Å². The Kier molecular flexibility index (Phi) is 9.16. The van der Waals surface area contributed by atoms with Crippen molar-refractivity contribution in [1.29, 1.82) is 0 Å². The number of imide groups is 2. The third-order valence-electron chi connectivity index (χ3n) is 11.5. The number of likely N-dealkylation sites (tertiary alicyclic amines) is 1. The fourth-order valence-corrected chi connectivity index (χ4v) is 9.89. The van der Waals surface area contributed by atoms with Gasteiger partial charge in [-0.05, 0) is 125 Å². The highest BCUT2D eigenvalue weighted by Gasteiger charge is 2.70. The second-order valence-corrected chi connectivity index (χ2v) is 15.8. The van der Waals surface area contributed by atoms with Crippen molar-refractivity contribution in [2.45, 2.75) is 30.6 Å². The Morgan fingerprint density at radius 2 is 1.63 bits per heavy atom. The number of fused-ring (bicyclic) bond motifs is 4. The van der Waals surface area contributed by atoms with Crippen LogP contribution in [0.3, 0.4) is 0 Å². The summed E-state index contributed by atoms with van der Waals surface area (Å²) in [5.41, 5.74) is 4.39. The molecule has 0 aromatic heterocycles. The van der Waals surface area contributed by atoms with Crippen LogP contribution in [0.2, 0.25) is 5.02 Å². The fourth-order valence-electron chi connectivity index (χ4n) is 9.14. The van der Waals surface area contributed by atoms with Crippen LogP contribution in [0.1, 0.15) is 35.4 Å². The highest BCUT2D eigenvalue weighted by molar-refractivity contribution is 14.1. The second kappa shape index (κ2) is 13.7. The largest absolute Gasteiger partial charge is 0.508 e. The molecular formula is C41H34ClFIN3O7. The minimum absolute atomic E-state index is 0.0849. The molecule has 2 aliphatic heterocycles. The molecule has 0 radical (unpaired) electrons. The average Bonchev–Trinajstić information content (AvgIpc) is 3.53. The lowest BCUT2D eigenvalue weighted by Gasteiger charge is -2.50. The smallest absolute Gasteiger partial charge is 0.260 e. The summed E-state index contributed by atoms with van der Waals surface area (Å²) in [7, 11) is 1.43. The molecule has 276 valence electrons. The summed E-state index contributed by atoms with van der Waals surface area (Å²) >= 11 is 8.37. The van der Waals surface area contributed by atoms with Gasteiger partial charge in [-0.15, -0.1) is 0 Å². The molecule has 3 N–H and O–H groups in total. The van der Waals surface area contributed by atoms with Gasteiger partial charge in [-0.1, -0.05) is 47.5 Å². The lowest BCUT2D eigenvalue weighted by atomic mass is 9.49. The molecular weight excluding hydrogens is 828 g/mol. The number of phenolic OH excluding ortho intramolecular Hbond substituents is 2. The predicted molar refractivity (Wildman–Crippen MR) is 205 cm³/mol. The number of ether oxygens (including phenoxy) is 1. The van der Waals surface area contributed by atoms with Crippen molar-refractivity contribution in [3.63, 3.8) is 0 Å². The normalized spacial score (nSPS) is 26.0. The van der Waals surface area contributed by atoms with Crippen LogP contribution in [0, 0.1) is 33.1 Å². The number of aromatic hydroxyl groups is 2. The summed E-state index contributed by atoms with van der Waals surface area (Å²) in [6, 6.07) is 22.1. The van der Waals surface area contributed by atoms with Crippen LogP contribution in [0.25, 0.3) is 0 Å². The maximum atomic E-state index is 15.3. The lowest BCUT2D eigenvalue weighted by Crippen LogP contribution is -2.53. The number of hydrogen-bond donors (Lipinski definition) is 3. The molecule has 2 heterocycles. The van der Waals surface area contributed by atoms with Gasteiger partial charge >= 0.3 is 0 Å². The molecule has 0 unspecified atom stereocenters. The van der Waals surface area contributed by atoms with Crippen LogP contribution in [0.15, 0.2) is 96.6 Å². The van der Waals surface area contributed by atoms with Crippen molar-refractivity contribution >= 4 is 63.5 Å². The van der Waals surface area contributed by atoms with Crippen molar-refractivity contribution in [1.82, 2.24) is 9.91 Å². The van der Waals surface area contributed by atoms with Gasteiger partial charge in [-0.25, -0.2) is 4.39 Å². The molecule has 0 spiro atoms. The summed E-state index contributed by atoms with van der Waals surface area (Å²) in [5, 5.41) is 22.0. The Bertz CT molecular complexity index is 2230. The van der Waals surface area contributed by atoms with Gasteiger partial charge < -0.3 is 14.9 Å². The first-order valence-corrected chi connectivity index (χ1v) is 19.0. The number of benzene rings is 4. The van der Waals surface area contributed by atoms with Crippen LogP contribution in [0.5, 0.6) is 17.2 Å². The van der Waals surface area contributed by atoms with Crippen molar-refractivity contribution in [2.24, 2.45) is 23.7 Å². The highest BCUT2D eigenvalue weighted by Crippen LogP contribution is 2.64. The number of methoxy groups -OCH3 is 1. The fraction of sp³-hybridized carbons (Fsp3) is 0.268. The molecule has 6 atom stereocenters. The molecule has 13 heteroatoms. The molecule has 0 bridgehead atoms. The van der Waals surface area contributed by atoms with E-state index < -0.39 is 52.6 Å². The van der Waals surface area contributed by atoms with Crippen molar-refractivity contribution in [3.8, 4) is 17.2 Å². The number of anilines is 1. The Balaban J connectivity index is 1.28. The highest BCUT2D eigenvalue weighted by atomic mass is 127. The number of carbonyl (C=O) groups excluding carboxylic acids is 4. The van der Waals surface area contributed by atoms with E-state index in [1.165, 1.54) is 36.3 Å². The molecule has 8 rings (SSSR count). The molecule has 4 amide bonds.